The van der Waals surface area contributed by atoms with E-state index in [0.29, 0.717) is 17.2 Å². The van der Waals surface area contributed by atoms with E-state index in [4.69, 9.17) is 23.4 Å². The van der Waals surface area contributed by atoms with Gasteiger partial charge in [0.2, 0.25) is 5.91 Å². The minimum atomic E-state index is -2.36. The highest BCUT2D eigenvalue weighted by Gasteiger charge is 2.39. The number of nitrogens with one attached hydrogen (secondary N) is 1. The molecule has 1 aliphatic carbocycles. The van der Waals surface area contributed by atoms with Gasteiger partial charge < -0.3 is 28.7 Å². The van der Waals surface area contributed by atoms with E-state index in [1.165, 1.54) is 19.3 Å². The number of benzene rings is 1. The highest BCUT2D eigenvalue weighted by atomic mass is 28.4. The Morgan fingerprint density at radius 1 is 0.822 bits per heavy atom. The SMILES string of the molecule is CC(C)(C)OC(=O)COc1ccc(/C(=C/NC(=O)/C=C/C2CCCCC2)O[Si](C)(C)C(C)(C)C)cc1OCC(=O)OC(C)(C)C. The van der Waals surface area contributed by atoms with Crippen molar-refractivity contribution in [2.75, 3.05) is 13.2 Å². The number of hydrogen-bond acceptors (Lipinski definition) is 8. The van der Waals surface area contributed by atoms with Crippen molar-refractivity contribution in [3.63, 3.8) is 0 Å². The zero-order valence-corrected chi connectivity index (χ0v) is 30.3. The van der Waals surface area contributed by atoms with E-state index in [1.54, 1.807) is 72.0 Å². The molecule has 1 amide bonds. The lowest BCUT2D eigenvalue weighted by Gasteiger charge is -2.37. The second-order valence-corrected chi connectivity index (χ2v) is 19.8. The average molecular weight is 646 g/mol. The van der Waals surface area contributed by atoms with E-state index in [9.17, 15) is 14.4 Å². The Labute approximate surface area is 271 Å². The zero-order chi connectivity index (χ0) is 34.1. The summed E-state index contributed by atoms with van der Waals surface area (Å²) in [6, 6.07) is 5.06. The fourth-order valence-electron chi connectivity index (χ4n) is 4.24. The van der Waals surface area contributed by atoms with Crippen molar-refractivity contribution in [1.29, 1.82) is 0 Å². The Bertz CT molecular complexity index is 1230. The number of amides is 1. The highest BCUT2D eigenvalue weighted by Crippen LogP contribution is 2.40. The summed E-state index contributed by atoms with van der Waals surface area (Å²) in [5.41, 5.74) is -0.758. The Morgan fingerprint density at radius 2 is 1.36 bits per heavy atom. The summed E-state index contributed by atoms with van der Waals surface area (Å²) < 4.78 is 29.1. The third-order valence-electron chi connectivity index (χ3n) is 7.45. The molecule has 1 aromatic rings. The minimum absolute atomic E-state index is 0.122. The Morgan fingerprint density at radius 3 is 1.87 bits per heavy atom. The molecule has 9 nitrogen and oxygen atoms in total. The molecule has 1 fully saturated rings. The van der Waals surface area contributed by atoms with Gasteiger partial charge in [-0.15, -0.1) is 0 Å². The molecule has 1 N–H and O–H groups in total. The van der Waals surface area contributed by atoms with Gasteiger partial charge >= 0.3 is 11.9 Å². The molecule has 0 aliphatic heterocycles. The van der Waals surface area contributed by atoms with Gasteiger partial charge in [-0.25, -0.2) is 9.59 Å². The van der Waals surface area contributed by atoms with Crippen LogP contribution in [0.15, 0.2) is 36.6 Å². The molecule has 1 aromatic carbocycles. The van der Waals surface area contributed by atoms with E-state index in [1.807, 2.05) is 6.08 Å². The second kappa shape index (κ2) is 15.8. The summed E-state index contributed by atoms with van der Waals surface area (Å²) in [6.07, 6.45) is 11.0. The lowest BCUT2D eigenvalue weighted by Crippen LogP contribution is -2.40. The van der Waals surface area contributed by atoms with Crippen molar-refractivity contribution in [3.8, 4) is 11.5 Å². The predicted octanol–water partition coefficient (Wildman–Crippen LogP) is 7.70. The molecule has 0 spiro atoms. The third-order valence-corrected chi connectivity index (χ3v) is 11.8. The smallest absolute Gasteiger partial charge is 0.344 e. The quantitative estimate of drug-likeness (QED) is 0.107. The van der Waals surface area contributed by atoms with E-state index in [-0.39, 0.29) is 35.7 Å². The number of rotatable bonds is 12. The summed E-state index contributed by atoms with van der Waals surface area (Å²) in [6.45, 7) is 20.5. The number of ether oxygens (including phenoxy) is 4. The van der Waals surface area contributed by atoms with Crippen molar-refractivity contribution in [2.24, 2.45) is 5.92 Å². The molecular weight excluding hydrogens is 590 g/mol. The first kappa shape index (κ1) is 37.9. The van der Waals surface area contributed by atoms with Gasteiger partial charge in [-0.3, -0.25) is 4.79 Å². The first-order chi connectivity index (χ1) is 20.6. The molecule has 10 heteroatoms. The van der Waals surface area contributed by atoms with Gasteiger partial charge in [0, 0.05) is 11.8 Å². The van der Waals surface area contributed by atoms with Crippen molar-refractivity contribution < 1.29 is 37.8 Å². The van der Waals surface area contributed by atoms with Crippen LogP contribution < -0.4 is 14.8 Å². The maximum atomic E-state index is 12.8. The maximum absolute atomic E-state index is 12.8. The van der Waals surface area contributed by atoms with Crippen molar-refractivity contribution >= 4 is 31.9 Å². The van der Waals surface area contributed by atoms with Crippen LogP contribution in [0.25, 0.3) is 5.76 Å². The van der Waals surface area contributed by atoms with Crippen LogP contribution >= 0.6 is 0 Å². The molecule has 0 aromatic heterocycles. The van der Waals surface area contributed by atoms with Crippen molar-refractivity contribution in [2.45, 2.75) is 124 Å². The molecule has 0 saturated heterocycles. The first-order valence-electron chi connectivity index (χ1n) is 15.9. The minimum Gasteiger partial charge on any atom is -0.542 e. The molecule has 45 heavy (non-hydrogen) atoms. The topological polar surface area (TPSA) is 109 Å². The Hall–Kier alpha value is -3.27. The van der Waals surface area contributed by atoms with Gasteiger partial charge in [0.05, 0.1) is 0 Å². The Kier molecular flexibility index (Phi) is 13.3. The standard InChI is InChI=1S/C35H55NO8Si/c1-33(2,3)42-31(38)23-40-27-19-18-26(21-28(27)41-24-32(39)43-34(4,5)6)29(44-45(10,11)35(7,8)9)22-36-30(37)20-17-25-15-13-12-14-16-25/h17-22,25H,12-16,23-24H2,1-11H3,(H,36,37)/b20-17+,29-22-. The molecule has 0 heterocycles. The fraction of sp³-hybridized carbons (Fsp3) is 0.629. The fourth-order valence-corrected chi connectivity index (χ4v) is 5.28. The third kappa shape index (κ3) is 14.1. The summed E-state index contributed by atoms with van der Waals surface area (Å²) in [5.74, 6) is -0.0342. The van der Waals surface area contributed by atoms with Crippen molar-refractivity contribution in [1.82, 2.24) is 5.32 Å². The number of allylic oxidation sites excluding steroid dienone is 1. The molecule has 252 valence electrons. The van der Waals surface area contributed by atoms with Crippen LogP contribution in [0.4, 0.5) is 0 Å². The van der Waals surface area contributed by atoms with Crippen LogP contribution in [0, 0.1) is 5.92 Å². The number of esters is 2. The molecule has 2 rings (SSSR count). The van der Waals surface area contributed by atoms with Gasteiger partial charge in [-0.1, -0.05) is 46.1 Å². The summed E-state index contributed by atoms with van der Waals surface area (Å²) in [5, 5.41) is 2.75. The van der Waals surface area contributed by atoms with E-state index in [0.717, 1.165) is 12.8 Å². The van der Waals surface area contributed by atoms with E-state index < -0.39 is 31.5 Å². The van der Waals surface area contributed by atoms with Crippen LogP contribution in [0.1, 0.15) is 100.0 Å². The highest BCUT2D eigenvalue weighted by molar-refractivity contribution is 6.74. The van der Waals surface area contributed by atoms with Crippen LogP contribution in [-0.4, -0.2) is 50.6 Å². The van der Waals surface area contributed by atoms with Gasteiger partial charge in [-0.05, 0) is 103 Å². The maximum Gasteiger partial charge on any atom is 0.344 e. The van der Waals surface area contributed by atoms with Gasteiger partial charge in [-0.2, -0.15) is 0 Å². The van der Waals surface area contributed by atoms with Gasteiger partial charge in [0.25, 0.3) is 8.32 Å². The normalized spacial score (nSPS) is 15.4. The molecule has 1 aliphatic rings. The molecule has 0 bridgehead atoms. The average Bonchev–Trinajstić information content (AvgIpc) is 2.90. The largest absolute Gasteiger partial charge is 0.542 e. The van der Waals surface area contributed by atoms with Crippen LogP contribution in [0.3, 0.4) is 0 Å². The van der Waals surface area contributed by atoms with Crippen LogP contribution in [0.5, 0.6) is 11.5 Å². The number of carbonyl (C=O) groups excluding carboxylic acids is 3. The van der Waals surface area contributed by atoms with E-state index >= 15 is 0 Å². The summed E-state index contributed by atoms with van der Waals surface area (Å²) in [7, 11) is -2.36. The lowest BCUT2D eigenvalue weighted by atomic mass is 9.89. The number of carbonyl (C=O) groups is 3. The van der Waals surface area contributed by atoms with Gasteiger partial charge in [0.15, 0.2) is 24.7 Å². The first-order valence-corrected chi connectivity index (χ1v) is 18.8. The monoisotopic (exact) mass is 645 g/mol. The molecule has 0 radical (unpaired) electrons. The molecule has 1 saturated carbocycles. The summed E-state index contributed by atoms with van der Waals surface area (Å²) >= 11 is 0. The Balaban J connectivity index is 2.42. The number of hydrogen-bond donors (Lipinski definition) is 1. The molecular formula is C35H55NO8Si. The van der Waals surface area contributed by atoms with Crippen molar-refractivity contribution in [3.05, 3.63) is 42.1 Å². The van der Waals surface area contributed by atoms with Crippen LogP contribution in [0.2, 0.25) is 18.1 Å². The second-order valence-electron chi connectivity index (χ2n) is 15.0. The van der Waals surface area contributed by atoms with Gasteiger partial charge in [0.1, 0.15) is 17.0 Å². The zero-order valence-electron chi connectivity index (χ0n) is 29.3. The van der Waals surface area contributed by atoms with Crippen LogP contribution in [-0.2, 0) is 28.3 Å². The molecule has 0 atom stereocenters. The van der Waals surface area contributed by atoms with E-state index in [2.05, 4.69) is 39.2 Å². The predicted molar refractivity (Wildman–Crippen MR) is 179 cm³/mol. The molecule has 0 unspecified atom stereocenters. The summed E-state index contributed by atoms with van der Waals surface area (Å²) in [4.78, 5) is 37.7. The lowest BCUT2D eigenvalue weighted by molar-refractivity contribution is -0.158.